The van der Waals surface area contributed by atoms with Gasteiger partial charge in [0.1, 0.15) is 0 Å². The summed E-state index contributed by atoms with van der Waals surface area (Å²) in [4.78, 5) is 0. The molecule has 0 aliphatic carbocycles. The Bertz CT molecular complexity index is 596. The van der Waals surface area contributed by atoms with E-state index in [1.165, 1.54) is 16.1 Å². The van der Waals surface area contributed by atoms with E-state index in [9.17, 15) is 0 Å². The average molecular weight is 507 g/mol. The molecular formula is C18H14Se2Sn. The van der Waals surface area contributed by atoms with Crippen LogP contribution in [0.1, 0.15) is 0 Å². The van der Waals surface area contributed by atoms with Crippen molar-refractivity contribution in [2.45, 2.75) is 0 Å². The van der Waals surface area contributed by atoms with Crippen molar-refractivity contribution in [3.05, 3.63) is 84.9 Å². The summed E-state index contributed by atoms with van der Waals surface area (Å²) in [6.07, 6.45) is 0. The first-order chi connectivity index (χ1) is 10.3. The van der Waals surface area contributed by atoms with Crippen molar-refractivity contribution in [1.29, 1.82) is 0 Å². The summed E-state index contributed by atoms with van der Waals surface area (Å²) in [6, 6.07) is 29.7. The van der Waals surface area contributed by atoms with Crippen LogP contribution >= 0.6 is 0 Å². The Labute approximate surface area is 153 Å². The molecule has 3 heteroatoms. The van der Waals surface area contributed by atoms with Crippen LogP contribution in [0, 0.1) is 0 Å². The molecule has 0 atom stereocenters. The molecule has 4 radical (unpaired) electrons. The molecule has 0 aromatic heterocycles. The van der Waals surface area contributed by atoms with E-state index in [0.29, 0.717) is 0 Å². The SMILES string of the molecule is [Se]c1ccccc1[Se].c1cc[c]([Sn][c]2ccccc2)cc1. The Morgan fingerprint density at radius 3 is 1.14 bits per heavy atom. The molecule has 3 aromatic rings. The summed E-state index contributed by atoms with van der Waals surface area (Å²) < 4.78 is 5.45. The van der Waals surface area contributed by atoms with Gasteiger partial charge in [0.15, 0.2) is 0 Å². The van der Waals surface area contributed by atoms with E-state index in [4.69, 9.17) is 0 Å². The van der Waals surface area contributed by atoms with E-state index in [1.807, 2.05) is 24.3 Å². The van der Waals surface area contributed by atoms with Gasteiger partial charge in [0, 0.05) is 0 Å². The third-order valence-corrected chi connectivity index (χ3v) is 8.38. The van der Waals surface area contributed by atoms with Crippen LogP contribution in [0.25, 0.3) is 0 Å². The Morgan fingerprint density at radius 1 is 0.476 bits per heavy atom. The zero-order chi connectivity index (χ0) is 14.9. The van der Waals surface area contributed by atoms with Gasteiger partial charge in [-0.25, -0.2) is 0 Å². The van der Waals surface area contributed by atoms with Crippen LogP contribution in [0.15, 0.2) is 84.9 Å². The van der Waals surface area contributed by atoms with E-state index >= 15 is 0 Å². The minimum atomic E-state index is -0.517. The Balaban J connectivity index is 0.000000173. The molecule has 0 aliphatic heterocycles. The second-order valence-corrected chi connectivity index (χ2v) is 10.2. The molecule has 0 bridgehead atoms. The van der Waals surface area contributed by atoms with Crippen LogP contribution in [0.3, 0.4) is 0 Å². The van der Waals surface area contributed by atoms with E-state index < -0.39 is 21.1 Å². The summed E-state index contributed by atoms with van der Waals surface area (Å²) in [5, 5.41) is 0. The number of benzene rings is 3. The summed E-state index contributed by atoms with van der Waals surface area (Å²) >= 11 is 5.36. The molecule has 0 fully saturated rings. The molecule has 0 nitrogen and oxygen atoms in total. The quantitative estimate of drug-likeness (QED) is 0.447. The summed E-state index contributed by atoms with van der Waals surface area (Å²) in [6.45, 7) is 0. The molecule has 0 amide bonds. The van der Waals surface area contributed by atoms with Crippen LogP contribution in [0.5, 0.6) is 0 Å². The van der Waals surface area contributed by atoms with Gasteiger partial charge in [0.05, 0.1) is 0 Å². The van der Waals surface area contributed by atoms with Gasteiger partial charge in [-0.3, -0.25) is 0 Å². The van der Waals surface area contributed by atoms with E-state index in [0.717, 1.165) is 0 Å². The standard InChI is InChI=1S/C6H4Se2.2C6H5.Sn/c7-5-3-1-2-4-6(5)8;2*1-2-4-6-5-3-1;/h1-4H;2*1-5H;. The zero-order valence-corrected chi connectivity index (χ0v) is 17.7. The number of rotatable bonds is 2. The van der Waals surface area contributed by atoms with Crippen LogP contribution in [-0.4, -0.2) is 53.2 Å². The Morgan fingerprint density at radius 2 is 0.810 bits per heavy atom. The minimum absolute atomic E-state index is 0.517. The van der Waals surface area contributed by atoms with Crippen LogP contribution in [-0.2, 0) is 0 Å². The fourth-order valence-corrected chi connectivity index (χ4v) is 5.28. The maximum absolute atomic E-state index is 2.94. The van der Waals surface area contributed by atoms with Crippen molar-refractivity contribution in [3.63, 3.8) is 0 Å². The van der Waals surface area contributed by atoms with Gasteiger partial charge in [0.2, 0.25) is 0 Å². The van der Waals surface area contributed by atoms with Gasteiger partial charge in [0.25, 0.3) is 0 Å². The van der Waals surface area contributed by atoms with Crippen molar-refractivity contribution >= 4 is 69.3 Å². The average Bonchev–Trinajstić information content (AvgIpc) is 2.53. The van der Waals surface area contributed by atoms with Crippen molar-refractivity contribution in [2.24, 2.45) is 0 Å². The third kappa shape index (κ3) is 6.42. The maximum atomic E-state index is 2.94. The van der Waals surface area contributed by atoms with Gasteiger partial charge in [-0.05, 0) is 0 Å². The van der Waals surface area contributed by atoms with Crippen LogP contribution in [0.2, 0.25) is 0 Å². The monoisotopic (exact) mass is 510 g/mol. The molecule has 3 rings (SSSR count). The summed E-state index contributed by atoms with van der Waals surface area (Å²) in [5.41, 5.74) is 0. The fourth-order valence-electron chi connectivity index (χ4n) is 1.66. The fraction of sp³-hybridized carbons (Fsp3) is 0. The molecule has 0 aliphatic rings. The molecule has 0 N–H and O–H groups in total. The first-order valence-corrected chi connectivity index (χ1v) is 11.1. The zero-order valence-electron chi connectivity index (χ0n) is 11.4. The Hall–Kier alpha value is -0.502. The van der Waals surface area contributed by atoms with Crippen molar-refractivity contribution in [1.82, 2.24) is 0 Å². The van der Waals surface area contributed by atoms with Gasteiger partial charge < -0.3 is 0 Å². The molecule has 0 saturated heterocycles. The molecule has 102 valence electrons. The molecule has 0 saturated carbocycles. The topological polar surface area (TPSA) is 0 Å². The number of hydrogen-bond acceptors (Lipinski definition) is 0. The van der Waals surface area contributed by atoms with Crippen molar-refractivity contribution in [3.8, 4) is 0 Å². The predicted octanol–water partition coefficient (Wildman–Crippen LogP) is 0.616. The molecule has 21 heavy (non-hydrogen) atoms. The Kier molecular flexibility index (Phi) is 7.63. The molecule has 3 aromatic carbocycles. The van der Waals surface area contributed by atoms with Crippen LogP contribution in [0.4, 0.5) is 0 Å². The molecule has 0 heterocycles. The molecule has 0 unspecified atom stereocenters. The van der Waals surface area contributed by atoms with Crippen molar-refractivity contribution < 1.29 is 0 Å². The first-order valence-electron chi connectivity index (χ1n) is 6.56. The summed E-state index contributed by atoms with van der Waals surface area (Å²) in [5.74, 6) is 0. The second-order valence-electron chi connectivity index (χ2n) is 4.30. The van der Waals surface area contributed by atoms with Gasteiger partial charge in [-0.2, -0.15) is 0 Å². The third-order valence-electron chi connectivity index (χ3n) is 2.69. The van der Waals surface area contributed by atoms with Gasteiger partial charge in [-0.15, -0.1) is 0 Å². The van der Waals surface area contributed by atoms with E-state index in [2.05, 4.69) is 92.7 Å². The van der Waals surface area contributed by atoms with Crippen LogP contribution < -0.4 is 16.1 Å². The number of hydrogen-bond donors (Lipinski definition) is 0. The van der Waals surface area contributed by atoms with E-state index in [-0.39, 0.29) is 0 Å². The molecular weight excluding hydrogens is 493 g/mol. The van der Waals surface area contributed by atoms with Crippen molar-refractivity contribution in [2.75, 3.05) is 0 Å². The second kappa shape index (κ2) is 9.50. The van der Waals surface area contributed by atoms with Gasteiger partial charge >= 0.3 is 154 Å². The van der Waals surface area contributed by atoms with E-state index in [1.54, 1.807) is 0 Å². The summed E-state index contributed by atoms with van der Waals surface area (Å²) in [7, 11) is 0. The normalized spacial score (nSPS) is 9.52. The first kappa shape index (κ1) is 16.9. The predicted molar refractivity (Wildman–Crippen MR) is 95.1 cm³/mol. The molecule has 0 spiro atoms. The van der Waals surface area contributed by atoms with Gasteiger partial charge in [-0.1, -0.05) is 0 Å².